The molecule has 0 saturated carbocycles. The number of aromatic hydroxyl groups is 1. The fourth-order valence-corrected chi connectivity index (χ4v) is 5.69. The highest BCUT2D eigenvalue weighted by Crippen LogP contribution is 2.48. The maximum absolute atomic E-state index is 13.9. The molecule has 8 nitrogen and oxygen atoms in total. The normalized spacial score (nSPS) is 18.4. The summed E-state index contributed by atoms with van der Waals surface area (Å²) in [4.78, 5) is 13.9. The number of rotatable bonds is 6. The molecule has 0 spiro atoms. The molecule has 0 saturated heterocycles. The molecule has 3 aromatic carbocycles. The molecular weight excluding hydrogens is 552 g/mol. The van der Waals surface area contributed by atoms with Crippen LogP contribution in [0.5, 0.6) is 28.7 Å². The van der Waals surface area contributed by atoms with E-state index in [1.165, 1.54) is 7.11 Å². The van der Waals surface area contributed by atoms with E-state index in [0.717, 1.165) is 28.2 Å². The van der Waals surface area contributed by atoms with E-state index >= 15 is 0 Å². The summed E-state index contributed by atoms with van der Waals surface area (Å²) in [5.41, 5.74) is 4.96. The lowest BCUT2D eigenvalue weighted by Gasteiger charge is -2.30. The van der Waals surface area contributed by atoms with Gasteiger partial charge >= 0.3 is 0 Å². The van der Waals surface area contributed by atoms with Gasteiger partial charge in [-0.3, -0.25) is 4.79 Å². The molecule has 3 aromatic rings. The van der Waals surface area contributed by atoms with Crippen molar-refractivity contribution < 1.29 is 28.8 Å². The van der Waals surface area contributed by atoms with Gasteiger partial charge in [-0.15, -0.1) is 0 Å². The molecule has 0 unspecified atom stereocenters. The Morgan fingerprint density at radius 3 is 2.11 bits per heavy atom. The summed E-state index contributed by atoms with van der Waals surface area (Å²) in [6.45, 7) is 0. The largest absolute Gasteiger partial charge is 0.503 e. The van der Waals surface area contributed by atoms with Gasteiger partial charge in [-0.1, -0.05) is 12.1 Å². The van der Waals surface area contributed by atoms with Crippen molar-refractivity contribution in [3.63, 3.8) is 0 Å². The molecule has 2 atom stereocenters. The summed E-state index contributed by atoms with van der Waals surface area (Å²) in [6, 6.07) is 14.8. The Hall–Kier alpha value is -3.85. The number of hydrogen-bond acceptors (Lipinski definition) is 8. The number of anilines is 2. The number of carbonyl (C=O) groups is 1. The highest BCUT2D eigenvalue weighted by atomic mass is 79.9. The molecular formula is C29H29BrN2O6. The van der Waals surface area contributed by atoms with Crippen LogP contribution in [0.25, 0.3) is 0 Å². The molecule has 0 fully saturated rings. The Morgan fingerprint density at radius 2 is 1.47 bits per heavy atom. The van der Waals surface area contributed by atoms with Crippen molar-refractivity contribution in [1.82, 2.24) is 0 Å². The van der Waals surface area contributed by atoms with Crippen molar-refractivity contribution in [1.29, 1.82) is 0 Å². The van der Waals surface area contributed by atoms with Gasteiger partial charge in [0.2, 0.25) is 5.75 Å². The van der Waals surface area contributed by atoms with Crippen LogP contribution in [-0.2, 0) is 4.79 Å². The van der Waals surface area contributed by atoms with E-state index in [4.69, 9.17) is 18.9 Å². The number of carbonyl (C=O) groups excluding carboxylic acids is 1. The van der Waals surface area contributed by atoms with E-state index in [9.17, 15) is 9.90 Å². The lowest BCUT2D eigenvalue weighted by Crippen LogP contribution is -2.27. The monoisotopic (exact) mass is 580 g/mol. The van der Waals surface area contributed by atoms with Gasteiger partial charge in [-0.2, -0.15) is 0 Å². The number of para-hydroxylation sites is 2. The third-order valence-electron chi connectivity index (χ3n) is 7.07. The fourth-order valence-electron chi connectivity index (χ4n) is 5.23. The van der Waals surface area contributed by atoms with Crippen LogP contribution in [0.15, 0.2) is 64.3 Å². The standard InChI is InChI=1S/C29H29BrN2O6/c1-35-23-14-17(9-18(30)28(23)34)27-26-21(31-19-7-5-6-8-20(19)32-27)10-15(11-22(26)33)16-12-24(36-2)29(38-4)25(13-16)37-3/h5-9,12-15,27,31-32,34H,10-11H2,1-4H3/t15-,27+/m1/s1. The maximum atomic E-state index is 13.9. The highest BCUT2D eigenvalue weighted by Gasteiger charge is 2.37. The van der Waals surface area contributed by atoms with E-state index in [1.54, 1.807) is 27.4 Å². The zero-order chi connectivity index (χ0) is 27.0. The minimum Gasteiger partial charge on any atom is -0.503 e. The molecule has 2 aliphatic rings. The molecule has 0 amide bonds. The molecule has 0 radical (unpaired) electrons. The maximum Gasteiger partial charge on any atom is 0.203 e. The minimum absolute atomic E-state index is 0.00929. The quantitative estimate of drug-likeness (QED) is 0.318. The first-order valence-corrected chi connectivity index (χ1v) is 12.9. The van der Waals surface area contributed by atoms with Gasteiger partial charge in [0, 0.05) is 17.7 Å². The van der Waals surface area contributed by atoms with Crippen LogP contribution < -0.4 is 29.6 Å². The molecule has 38 heavy (non-hydrogen) atoms. The van der Waals surface area contributed by atoms with Gasteiger partial charge in [0.15, 0.2) is 28.8 Å². The van der Waals surface area contributed by atoms with Gasteiger partial charge in [-0.05, 0) is 75.8 Å². The van der Waals surface area contributed by atoms with Gasteiger partial charge in [0.05, 0.1) is 50.3 Å². The van der Waals surface area contributed by atoms with Crippen LogP contribution in [-0.4, -0.2) is 39.3 Å². The zero-order valence-electron chi connectivity index (χ0n) is 21.6. The number of allylic oxidation sites excluding steroid dienone is 1. The summed E-state index contributed by atoms with van der Waals surface area (Å²) < 4.78 is 22.5. The Bertz CT molecular complexity index is 1410. The number of ether oxygens (including phenoxy) is 4. The summed E-state index contributed by atoms with van der Waals surface area (Å²) >= 11 is 3.43. The van der Waals surface area contributed by atoms with E-state index < -0.39 is 6.04 Å². The molecule has 1 heterocycles. The van der Waals surface area contributed by atoms with Crippen LogP contribution in [0.2, 0.25) is 0 Å². The molecule has 0 aromatic heterocycles. The van der Waals surface area contributed by atoms with E-state index in [1.807, 2.05) is 42.5 Å². The summed E-state index contributed by atoms with van der Waals surface area (Å²) in [5, 5.41) is 17.5. The Labute approximate surface area is 229 Å². The van der Waals surface area contributed by atoms with Crippen LogP contribution in [0.1, 0.15) is 35.9 Å². The third kappa shape index (κ3) is 4.51. The lowest BCUT2D eigenvalue weighted by atomic mass is 9.78. The van der Waals surface area contributed by atoms with Crippen LogP contribution in [0.3, 0.4) is 0 Å². The summed E-state index contributed by atoms with van der Waals surface area (Å²) in [7, 11) is 6.23. The predicted molar refractivity (Wildman–Crippen MR) is 149 cm³/mol. The SMILES string of the molecule is COc1cc([C@@H]2Nc3ccccc3NC3=C2C(=O)C[C@H](c2cc(OC)c(OC)c(OC)c2)C3)cc(Br)c1O. The van der Waals surface area contributed by atoms with E-state index in [0.29, 0.717) is 45.9 Å². The van der Waals surface area contributed by atoms with Crippen LogP contribution >= 0.6 is 15.9 Å². The average molecular weight is 581 g/mol. The average Bonchev–Trinajstić information content (AvgIpc) is 3.10. The van der Waals surface area contributed by atoms with Crippen molar-refractivity contribution in [2.45, 2.75) is 24.8 Å². The Balaban J connectivity index is 1.62. The van der Waals surface area contributed by atoms with Gasteiger partial charge in [0.1, 0.15) is 0 Å². The lowest BCUT2D eigenvalue weighted by molar-refractivity contribution is -0.116. The number of phenols is 1. The number of halogens is 1. The first-order chi connectivity index (χ1) is 18.4. The smallest absolute Gasteiger partial charge is 0.203 e. The number of hydrogen-bond donors (Lipinski definition) is 3. The number of fused-ring (bicyclic) bond motifs is 1. The topological polar surface area (TPSA) is 98.3 Å². The number of nitrogens with one attached hydrogen (secondary N) is 2. The van der Waals surface area contributed by atoms with Crippen molar-refractivity contribution in [2.75, 3.05) is 39.1 Å². The second-order valence-electron chi connectivity index (χ2n) is 9.18. The minimum atomic E-state index is -0.458. The van der Waals surface area contributed by atoms with E-state index in [2.05, 4.69) is 26.6 Å². The Kier molecular flexibility index (Phi) is 7.12. The van der Waals surface area contributed by atoms with Crippen LogP contribution in [0, 0.1) is 0 Å². The first kappa shape index (κ1) is 25.8. The highest BCUT2D eigenvalue weighted by molar-refractivity contribution is 9.10. The zero-order valence-corrected chi connectivity index (χ0v) is 23.1. The second-order valence-corrected chi connectivity index (χ2v) is 10.0. The molecule has 9 heteroatoms. The molecule has 198 valence electrons. The third-order valence-corrected chi connectivity index (χ3v) is 7.68. The van der Waals surface area contributed by atoms with Gasteiger partial charge in [-0.25, -0.2) is 0 Å². The van der Waals surface area contributed by atoms with Gasteiger partial charge < -0.3 is 34.7 Å². The summed E-state index contributed by atoms with van der Waals surface area (Å²) in [6.07, 6.45) is 0.909. The molecule has 3 N–H and O–H groups in total. The number of ketones is 1. The van der Waals surface area contributed by atoms with Crippen molar-refractivity contribution >= 4 is 33.1 Å². The van der Waals surface area contributed by atoms with E-state index in [-0.39, 0.29) is 17.5 Å². The van der Waals surface area contributed by atoms with Gasteiger partial charge in [0.25, 0.3) is 0 Å². The molecule has 1 aliphatic heterocycles. The number of phenolic OH excluding ortho intramolecular Hbond substituents is 1. The number of benzene rings is 3. The Morgan fingerprint density at radius 1 is 0.842 bits per heavy atom. The first-order valence-electron chi connectivity index (χ1n) is 12.1. The van der Waals surface area contributed by atoms with Crippen molar-refractivity contribution in [3.05, 3.63) is 75.4 Å². The van der Waals surface area contributed by atoms with Crippen LogP contribution in [0.4, 0.5) is 11.4 Å². The fraction of sp³-hybridized carbons (Fsp3) is 0.276. The predicted octanol–water partition coefficient (Wildman–Crippen LogP) is 6.17. The molecule has 5 rings (SSSR count). The second kappa shape index (κ2) is 10.5. The summed E-state index contributed by atoms with van der Waals surface area (Å²) in [5.74, 6) is 1.86. The number of methoxy groups -OCH3 is 4. The molecule has 1 aliphatic carbocycles. The number of Topliss-reactive ketones (excluding diaryl/α,β-unsaturated/α-hetero) is 1. The van der Waals surface area contributed by atoms with Crippen molar-refractivity contribution in [2.24, 2.45) is 0 Å². The van der Waals surface area contributed by atoms with Crippen molar-refractivity contribution in [3.8, 4) is 28.7 Å². The molecule has 0 bridgehead atoms.